The van der Waals surface area contributed by atoms with Crippen molar-refractivity contribution >= 4 is 22.0 Å². The van der Waals surface area contributed by atoms with E-state index in [0.29, 0.717) is 39.2 Å². The number of esters is 1. The molecule has 1 heterocycles. The highest BCUT2D eigenvalue weighted by Crippen LogP contribution is 2.18. The third kappa shape index (κ3) is 7.19. The molecule has 1 fully saturated rings. The zero-order chi connectivity index (χ0) is 18.9. The van der Waals surface area contributed by atoms with E-state index in [1.807, 2.05) is 13.8 Å². The molecule has 1 N–H and O–H groups in total. The van der Waals surface area contributed by atoms with Crippen molar-refractivity contribution in [3.05, 3.63) is 0 Å². The number of hydrogen-bond donors (Lipinski definition) is 1. The molecule has 9 heteroatoms. The summed E-state index contributed by atoms with van der Waals surface area (Å²) in [6, 6.07) is 0. The third-order valence-electron chi connectivity index (χ3n) is 4.24. The lowest BCUT2D eigenvalue weighted by atomic mass is 9.98. The molecule has 1 rings (SSSR count). The SMILES string of the molecule is CCOC(=O)C1CCCN(C(=NC)NCCCN(CC)S(C)(=O)=O)C1. The second-order valence-electron chi connectivity index (χ2n) is 6.12. The minimum absolute atomic E-state index is 0.118. The molecule has 0 spiro atoms. The zero-order valence-electron chi connectivity index (χ0n) is 15.8. The summed E-state index contributed by atoms with van der Waals surface area (Å²) in [5, 5.41) is 3.26. The molecule has 25 heavy (non-hydrogen) atoms. The number of aliphatic imine (C=N–C) groups is 1. The molecule has 1 atom stereocenters. The summed E-state index contributed by atoms with van der Waals surface area (Å²) in [6.45, 7) is 7.07. The molecule has 1 aliphatic rings. The fraction of sp³-hybridized carbons (Fsp3) is 0.875. The Bertz CT molecular complexity index is 550. The second-order valence-corrected chi connectivity index (χ2v) is 8.10. The van der Waals surface area contributed by atoms with Gasteiger partial charge in [0.1, 0.15) is 0 Å². The maximum Gasteiger partial charge on any atom is 0.310 e. The van der Waals surface area contributed by atoms with Crippen molar-refractivity contribution < 1.29 is 17.9 Å². The van der Waals surface area contributed by atoms with E-state index in [1.165, 1.54) is 10.6 Å². The van der Waals surface area contributed by atoms with Crippen LogP contribution < -0.4 is 5.32 Å². The molecule has 1 unspecified atom stereocenters. The first-order valence-electron chi connectivity index (χ1n) is 8.90. The average Bonchev–Trinajstić information content (AvgIpc) is 2.57. The Labute approximate surface area is 151 Å². The van der Waals surface area contributed by atoms with Crippen molar-refractivity contribution in [2.45, 2.75) is 33.1 Å². The number of carbonyl (C=O) groups excluding carboxylic acids is 1. The Hall–Kier alpha value is -1.35. The van der Waals surface area contributed by atoms with Gasteiger partial charge < -0.3 is 15.0 Å². The third-order valence-corrected chi connectivity index (χ3v) is 5.62. The zero-order valence-corrected chi connectivity index (χ0v) is 16.6. The molecule has 0 aromatic rings. The largest absolute Gasteiger partial charge is 0.466 e. The first-order valence-corrected chi connectivity index (χ1v) is 10.8. The van der Waals surface area contributed by atoms with Crippen LogP contribution in [0.25, 0.3) is 0 Å². The van der Waals surface area contributed by atoms with Crippen molar-refractivity contribution in [1.82, 2.24) is 14.5 Å². The van der Waals surface area contributed by atoms with Gasteiger partial charge in [-0.2, -0.15) is 0 Å². The van der Waals surface area contributed by atoms with Crippen LogP contribution in [0.1, 0.15) is 33.1 Å². The highest BCUT2D eigenvalue weighted by atomic mass is 32.2. The van der Waals surface area contributed by atoms with Crippen molar-refractivity contribution in [2.24, 2.45) is 10.9 Å². The van der Waals surface area contributed by atoms with E-state index < -0.39 is 10.0 Å². The molecule has 146 valence electrons. The molecule has 0 aliphatic carbocycles. The lowest BCUT2D eigenvalue weighted by molar-refractivity contribution is -0.149. The van der Waals surface area contributed by atoms with E-state index in [-0.39, 0.29) is 11.9 Å². The number of sulfonamides is 1. The molecule has 0 aromatic carbocycles. The first-order chi connectivity index (χ1) is 11.8. The molecule has 1 saturated heterocycles. The van der Waals surface area contributed by atoms with Gasteiger partial charge in [0.05, 0.1) is 18.8 Å². The van der Waals surface area contributed by atoms with Crippen LogP contribution in [0.3, 0.4) is 0 Å². The Balaban J connectivity index is 2.47. The van der Waals surface area contributed by atoms with Crippen LogP contribution in [-0.2, 0) is 19.6 Å². The topological polar surface area (TPSA) is 91.3 Å². The monoisotopic (exact) mass is 376 g/mol. The molecule has 0 aromatic heterocycles. The molecular weight excluding hydrogens is 344 g/mol. The fourth-order valence-electron chi connectivity index (χ4n) is 2.97. The van der Waals surface area contributed by atoms with E-state index in [2.05, 4.69) is 15.2 Å². The number of piperidine rings is 1. The summed E-state index contributed by atoms with van der Waals surface area (Å²) in [7, 11) is -1.44. The van der Waals surface area contributed by atoms with Crippen LogP contribution in [0.5, 0.6) is 0 Å². The number of guanidine groups is 1. The lowest BCUT2D eigenvalue weighted by Crippen LogP contribution is -2.48. The summed E-state index contributed by atoms with van der Waals surface area (Å²) < 4.78 is 29.7. The lowest BCUT2D eigenvalue weighted by Gasteiger charge is -2.34. The Kier molecular flexibility index (Phi) is 9.20. The van der Waals surface area contributed by atoms with E-state index in [4.69, 9.17) is 4.74 Å². The normalized spacial score (nSPS) is 19.2. The van der Waals surface area contributed by atoms with Gasteiger partial charge in [0.2, 0.25) is 10.0 Å². The summed E-state index contributed by atoms with van der Waals surface area (Å²) in [5.41, 5.74) is 0. The van der Waals surface area contributed by atoms with Gasteiger partial charge in [-0.05, 0) is 26.2 Å². The van der Waals surface area contributed by atoms with Crippen LogP contribution in [0.4, 0.5) is 0 Å². The Morgan fingerprint density at radius 3 is 2.68 bits per heavy atom. The van der Waals surface area contributed by atoms with Crippen molar-refractivity contribution in [3.63, 3.8) is 0 Å². The highest BCUT2D eigenvalue weighted by Gasteiger charge is 2.28. The van der Waals surface area contributed by atoms with E-state index in [1.54, 1.807) is 7.05 Å². The van der Waals surface area contributed by atoms with Crippen LogP contribution in [-0.4, -0.2) is 82.2 Å². The summed E-state index contributed by atoms with van der Waals surface area (Å²) in [5.74, 6) is 0.485. The highest BCUT2D eigenvalue weighted by molar-refractivity contribution is 7.88. The van der Waals surface area contributed by atoms with Crippen molar-refractivity contribution in [2.75, 3.05) is 52.6 Å². The van der Waals surface area contributed by atoms with Gasteiger partial charge in [-0.1, -0.05) is 6.92 Å². The molecule has 0 bridgehead atoms. The standard InChI is InChI=1S/C16H32N4O4S/c1-5-20(25(4,22)23)12-8-10-18-16(17-3)19-11-7-9-14(13-19)15(21)24-6-2/h14H,5-13H2,1-4H3,(H,17,18). The van der Waals surface area contributed by atoms with E-state index >= 15 is 0 Å². The first kappa shape index (κ1) is 21.7. The minimum atomic E-state index is -3.15. The van der Waals surface area contributed by atoms with Gasteiger partial charge in [0.15, 0.2) is 5.96 Å². The second kappa shape index (κ2) is 10.6. The van der Waals surface area contributed by atoms with Crippen LogP contribution in [0.15, 0.2) is 4.99 Å². The van der Waals surface area contributed by atoms with Crippen molar-refractivity contribution in [1.29, 1.82) is 0 Å². The number of hydrogen-bond acceptors (Lipinski definition) is 5. The number of likely N-dealkylation sites (tertiary alicyclic amines) is 1. The Morgan fingerprint density at radius 1 is 1.40 bits per heavy atom. The molecule has 1 aliphatic heterocycles. The number of ether oxygens (including phenoxy) is 1. The summed E-state index contributed by atoms with van der Waals surface area (Å²) in [6.07, 6.45) is 3.68. The molecule has 0 saturated carbocycles. The van der Waals surface area contributed by atoms with Gasteiger partial charge >= 0.3 is 5.97 Å². The predicted molar refractivity (Wildman–Crippen MR) is 99.0 cm³/mol. The van der Waals surface area contributed by atoms with Gasteiger partial charge in [-0.25, -0.2) is 12.7 Å². The maximum atomic E-state index is 11.9. The van der Waals surface area contributed by atoms with Gasteiger partial charge in [-0.3, -0.25) is 9.79 Å². The summed E-state index contributed by atoms with van der Waals surface area (Å²) in [4.78, 5) is 18.3. The quantitative estimate of drug-likeness (QED) is 0.287. The minimum Gasteiger partial charge on any atom is -0.466 e. The maximum absolute atomic E-state index is 11.9. The van der Waals surface area contributed by atoms with E-state index in [0.717, 1.165) is 25.3 Å². The van der Waals surface area contributed by atoms with Crippen molar-refractivity contribution in [3.8, 4) is 0 Å². The molecule has 8 nitrogen and oxygen atoms in total. The molecule has 0 radical (unpaired) electrons. The molecule has 0 amide bonds. The van der Waals surface area contributed by atoms with Gasteiger partial charge in [0.25, 0.3) is 0 Å². The van der Waals surface area contributed by atoms with E-state index in [9.17, 15) is 13.2 Å². The van der Waals surface area contributed by atoms with Crippen LogP contribution in [0, 0.1) is 5.92 Å². The smallest absolute Gasteiger partial charge is 0.310 e. The van der Waals surface area contributed by atoms with Gasteiger partial charge in [-0.15, -0.1) is 0 Å². The summed E-state index contributed by atoms with van der Waals surface area (Å²) >= 11 is 0. The Morgan fingerprint density at radius 2 is 2.12 bits per heavy atom. The van der Waals surface area contributed by atoms with Crippen LogP contribution in [0.2, 0.25) is 0 Å². The van der Waals surface area contributed by atoms with Crippen LogP contribution >= 0.6 is 0 Å². The number of nitrogens with one attached hydrogen (secondary N) is 1. The number of carbonyl (C=O) groups is 1. The molecular formula is C16H32N4O4S. The predicted octanol–water partition coefficient (Wildman–Crippen LogP) is 0.509. The average molecular weight is 377 g/mol. The number of nitrogens with zero attached hydrogens (tertiary/aromatic N) is 3. The number of rotatable bonds is 8. The fourth-order valence-corrected chi connectivity index (χ4v) is 3.90. The van der Waals surface area contributed by atoms with Gasteiger partial charge in [0, 0.05) is 39.8 Å².